The lowest BCUT2D eigenvalue weighted by Crippen LogP contribution is -2.44. The first kappa shape index (κ1) is 32.3. The largest absolute Gasteiger partial charge is 0.368 e. The van der Waals surface area contributed by atoms with Crippen molar-refractivity contribution in [2.24, 2.45) is 0 Å². The molecule has 0 spiro atoms. The predicted octanol–water partition coefficient (Wildman–Crippen LogP) is 6.77. The van der Waals surface area contributed by atoms with Gasteiger partial charge >= 0.3 is 0 Å². The van der Waals surface area contributed by atoms with Crippen molar-refractivity contribution < 1.29 is 4.79 Å². The van der Waals surface area contributed by atoms with Gasteiger partial charge in [0.25, 0.3) is 5.91 Å². The maximum Gasteiger partial charge on any atom is 0.253 e. The first-order chi connectivity index (χ1) is 21.8. The molecular formula is C35H43ClN8O. The Kier molecular flexibility index (Phi) is 10.3. The number of pyridine rings is 1. The number of halogens is 1. The van der Waals surface area contributed by atoms with Crippen LogP contribution in [0.2, 0.25) is 5.02 Å². The topological polar surface area (TPSA) is 92.8 Å². The van der Waals surface area contributed by atoms with Crippen LogP contribution in [0.3, 0.4) is 0 Å². The number of fused-ring (bicyclic) bond motifs is 1. The summed E-state index contributed by atoms with van der Waals surface area (Å²) < 4.78 is 1.79. The average Bonchev–Trinajstić information content (AvgIpc) is 3.49. The molecule has 4 heterocycles. The van der Waals surface area contributed by atoms with Crippen LogP contribution in [0.15, 0.2) is 66.9 Å². The Hall–Kier alpha value is -4.13. The standard InChI is InChI=1S/C33H37ClN8O.C2H6/c1-39-20-13-28(14-21-39)40(2)31(43)24-5-11-27(12-6-24)36-32-37-30-29(4-3-19-42(30)38-32)41-22-16-33(15-18-35,17-23-41)25-7-9-26(34)10-8-25;1-2/h3-12,19,28H,13-17,20-23H2,1-2H3,(H,36,38);1-2H3. The molecular weight excluding hydrogens is 584 g/mol. The van der Waals surface area contributed by atoms with Crippen molar-refractivity contribution in [2.75, 3.05) is 50.5 Å². The number of hydrogen-bond donors (Lipinski definition) is 1. The third-order valence-electron chi connectivity index (χ3n) is 9.22. The molecule has 0 radical (unpaired) electrons. The summed E-state index contributed by atoms with van der Waals surface area (Å²) >= 11 is 6.14. The van der Waals surface area contributed by atoms with Crippen LogP contribution < -0.4 is 10.2 Å². The van der Waals surface area contributed by atoms with Crippen LogP contribution in [0.1, 0.15) is 61.9 Å². The lowest BCUT2D eigenvalue weighted by molar-refractivity contribution is 0.0659. The van der Waals surface area contributed by atoms with Gasteiger partial charge in [0.15, 0.2) is 5.65 Å². The van der Waals surface area contributed by atoms with Crippen molar-refractivity contribution in [3.8, 4) is 6.07 Å². The van der Waals surface area contributed by atoms with Gasteiger partial charge in [-0.3, -0.25) is 4.79 Å². The molecule has 4 aromatic rings. The number of benzene rings is 2. The lowest BCUT2D eigenvalue weighted by Gasteiger charge is -2.42. The maximum absolute atomic E-state index is 13.1. The lowest BCUT2D eigenvalue weighted by atomic mass is 9.71. The van der Waals surface area contributed by atoms with E-state index in [9.17, 15) is 10.1 Å². The molecule has 2 aliphatic heterocycles. The third-order valence-corrected chi connectivity index (χ3v) is 9.47. The van der Waals surface area contributed by atoms with Crippen molar-refractivity contribution >= 4 is 40.5 Å². The van der Waals surface area contributed by atoms with Gasteiger partial charge in [0.2, 0.25) is 5.95 Å². The predicted molar refractivity (Wildman–Crippen MR) is 181 cm³/mol. The van der Waals surface area contributed by atoms with E-state index in [1.807, 2.05) is 74.5 Å². The van der Waals surface area contributed by atoms with Gasteiger partial charge in [0.1, 0.15) is 0 Å². The van der Waals surface area contributed by atoms with Gasteiger partial charge in [-0.05, 0) is 99.9 Å². The Labute approximate surface area is 271 Å². The Morgan fingerprint density at radius 3 is 2.36 bits per heavy atom. The zero-order chi connectivity index (χ0) is 32.0. The molecule has 2 aliphatic rings. The molecule has 2 saturated heterocycles. The summed E-state index contributed by atoms with van der Waals surface area (Å²) in [6, 6.07) is 22.2. The Balaban J connectivity index is 0.00000196. The Bertz CT molecular complexity index is 1610. The van der Waals surface area contributed by atoms with Gasteiger partial charge in [-0.25, -0.2) is 4.52 Å². The molecule has 9 nitrogen and oxygen atoms in total. The first-order valence-corrected chi connectivity index (χ1v) is 16.3. The van der Waals surface area contributed by atoms with E-state index < -0.39 is 0 Å². The van der Waals surface area contributed by atoms with Crippen molar-refractivity contribution in [1.29, 1.82) is 5.26 Å². The summed E-state index contributed by atoms with van der Waals surface area (Å²) in [6.45, 7) is 7.65. The first-order valence-electron chi connectivity index (χ1n) is 15.9. The fourth-order valence-electron chi connectivity index (χ4n) is 6.47. The van der Waals surface area contributed by atoms with Gasteiger partial charge in [-0.15, -0.1) is 5.10 Å². The highest BCUT2D eigenvalue weighted by Gasteiger charge is 2.37. The van der Waals surface area contributed by atoms with Crippen LogP contribution >= 0.6 is 11.6 Å². The molecule has 0 unspecified atom stereocenters. The summed E-state index contributed by atoms with van der Waals surface area (Å²) in [4.78, 5) is 24.5. The highest BCUT2D eigenvalue weighted by molar-refractivity contribution is 6.30. The van der Waals surface area contributed by atoms with E-state index in [0.29, 0.717) is 23.0 Å². The van der Waals surface area contributed by atoms with E-state index in [0.717, 1.165) is 68.9 Å². The fourth-order valence-corrected chi connectivity index (χ4v) is 6.59. The summed E-state index contributed by atoms with van der Waals surface area (Å²) in [5.41, 5.74) is 4.27. The molecule has 0 saturated carbocycles. The number of nitrogens with zero attached hydrogens (tertiary/aromatic N) is 7. The molecule has 2 fully saturated rings. The number of anilines is 3. The summed E-state index contributed by atoms with van der Waals surface area (Å²) in [5.74, 6) is 0.542. The van der Waals surface area contributed by atoms with E-state index in [-0.39, 0.29) is 17.4 Å². The molecule has 6 rings (SSSR count). The minimum absolute atomic E-state index is 0.0491. The molecule has 2 aromatic carbocycles. The Morgan fingerprint density at radius 2 is 1.71 bits per heavy atom. The number of nitrogens with one attached hydrogen (secondary N) is 1. The molecule has 45 heavy (non-hydrogen) atoms. The summed E-state index contributed by atoms with van der Waals surface area (Å²) in [7, 11) is 4.04. The second-order valence-corrected chi connectivity index (χ2v) is 12.3. The molecule has 0 aliphatic carbocycles. The van der Waals surface area contributed by atoms with Crippen molar-refractivity contribution in [3.63, 3.8) is 0 Å². The van der Waals surface area contributed by atoms with Crippen LogP contribution in [0.25, 0.3) is 5.65 Å². The molecule has 0 bridgehead atoms. The van der Waals surface area contributed by atoms with Gasteiger partial charge in [0.05, 0.1) is 11.8 Å². The number of nitriles is 1. The minimum Gasteiger partial charge on any atom is -0.368 e. The van der Waals surface area contributed by atoms with E-state index in [4.69, 9.17) is 16.6 Å². The summed E-state index contributed by atoms with van der Waals surface area (Å²) in [5, 5.41) is 18.3. The number of likely N-dealkylation sites (tertiary alicyclic amines) is 1. The minimum atomic E-state index is -0.184. The van der Waals surface area contributed by atoms with Gasteiger partial charge in [0, 0.05) is 60.5 Å². The van der Waals surface area contributed by atoms with Gasteiger partial charge in [-0.1, -0.05) is 37.6 Å². The molecule has 0 atom stereocenters. The van der Waals surface area contributed by atoms with Crippen LogP contribution in [0.4, 0.5) is 17.3 Å². The van der Waals surface area contributed by atoms with Crippen molar-refractivity contribution in [2.45, 2.75) is 57.4 Å². The number of piperidine rings is 2. The number of carbonyl (C=O) groups excluding carboxylic acids is 1. The number of carbonyl (C=O) groups is 1. The summed E-state index contributed by atoms with van der Waals surface area (Å²) in [6.07, 6.45) is 6.10. The maximum atomic E-state index is 13.1. The number of aromatic nitrogens is 3. The van der Waals surface area contributed by atoms with E-state index in [1.165, 1.54) is 5.56 Å². The molecule has 236 valence electrons. The van der Waals surface area contributed by atoms with Crippen molar-refractivity contribution in [1.82, 2.24) is 24.4 Å². The number of rotatable bonds is 7. The SMILES string of the molecule is CC.CN1CCC(N(C)C(=O)c2ccc(Nc3nc4c(N5CCC(CC#N)(c6ccc(Cl)cc6)CC5)cccn4n3)cc2)CC1. The van der Waals surface area contributed by atoms with Gasteiger partial charge < -0.3 is 20.0 Å². The van der Waals surface area contributed by atoms with E-state index in [2.05, 4.69) is 51.5 Å². The van der Waals surface area contributed by atoms with Crippen LogP contribution in [0.5, 0.6) is 0 Å². The quantitative estimate of drug-likeness (QED) is 0.242. The molecule has 10 heteroatoms. The fraction of sp³-hybridized carbons (Fsp3) is 0.429. The smallest absolute Gasteiger partial charge is 0.253 e. The molecule has 1 amide bonds. The van der Waals surface area contributed by atoms with Gasteiger partial charge in [-0.2, -0.15) is 10.2 Å². The Morgan fingerprint density at radius 1 is 1.04 bits per heavy atom. The zero-order valence-corrected chi connectivity index (χ0v) is 27.5. The van der Waals surface area contributed by atoms with Crippen LogP contribution in [-0.4, -0.2) is 76.6 Å². The normalized spacial score (nSPS) is 16.8. The second kappa shape index (κ2) is 14.3. The number of amides is 1. The van der Waals surface area contributed by atoms with E-state index in [1.54, 1.807) is 4.52 Å². The molecule has 2 aromatic heterocycles. The van der Waals surface area contributed by atoms with Crippen LogP contribution in [-0.2, 0) is 5.41 Å². The molecule has 1 N–H and O–H groups in total. The number of hydrogen-bond acceptors (Lipinski definition) is 7. The zero-order valence-electron chi connectivity index (χ0n) is 26.7. The monoisotopic (exact) mass is 626 g/mol. The highest BCUT2D eigenvalue weighted by Crippen LogP contribution is 2.40. The van der Waals surface area contributed by atoms with Crippen molar-refractivity contribution in [3.05, 3.63) is 83.0 Å². The van der Waals surface area contributed by atoms with Crippen LogP contribution in [0, 0.1) is 11.3 Å². The average molecular weight is 627 g/mol. The third kappa shape index (κ3) is 7.08. The highest BCUT2D eigenvalue weighted by atomic mass is 35.5. The second-order valence-electron chi connectivity index (χ2n) is 11.9. The van der Waals surface area contributed by atoms with E-state index >= 15 is 0 Å².